The highest BCUT2D eigenvalue weighted by Crippen LogP contribution is 2.25. The molecule has 7 nitrogen and oxygen atoms in total. The molecule has 1 amide bonds. The second-order valence-corrected chi connectivity index (χ2v) is 8.81. The lowest BCUT2D eigenvalue weighted by molar-refractivity contribution is -0.178. The number of aliphatic hydroxyl groups is 2. The van der Waals surface area contributed by atoms with Crippen LogP contribution in [-0.2, 0) is 38.8 Å². The van der Waals surface area contributed by atoms with Crippen LogP contribution < -0.4 is 0 Å². The summed E-state index contributed by atoms with van der Waals surface area (Å²) in [5.41, 5.74) is 2.78. The van der Waals surface area contributed by atoms with Gasteiger partial charge in [0.25, 0.3) is 5.91 Å². The van der Waals surface area contributed by atoms with Gasteiger partial charge in [-0.25, -0.2) is 0 Å². The van der Waals surface area contributed by atoms with E-state index in [0.29, 0.717) is 0 Å². The number of rotatable bonds is 11. The summed E-state index contributed by atoms with van der Waals surface area (Å²) in [6.07, 6.45) is -3.76. The molecule has 1 saturated heterocycles. The lowest BCUT2D eigenvalue weighted by Gasteiger charge is -2.32. The first-order valence-corrected chi connectivity index (χ1v) is 12.2. The van der Waals surface area contributed by atoms with Crippen molar-refractivity contribution in [2.45, 2.75) is 44.2 Å². The maximum Gasteiger partial charge on any atom is 0.254 e. The highest BCUT2D eigenvalue weighted by molar-refractivity contribution is 5.82. The van der Waals surface area contributed by atoms with Crippen LogP contribution >= 0.6 is 0 Å². The third-order valence-corrected chi connectivity index (χ3v) is 6.18. The number of β-amino-alcohol motifs (C(OH)–C–C–N with tert-alkyl or cyclic N) is 2. The predicted molar refractivity (Wildman–Crippen MR) is 135 cm³/mol. The van der Waals surface area contributed by atoms with E-state index >= 15 is 0 Å². The maximum atomic E-state index is 13.6. The van der Waals surface area contributed by atoms with Gasteiger partial charge in [0, 0.05) is 13.1 Å². The molecule has 190 valence electrons. The van der Waals surface area contributed by atoms with E-state index in [1.165, 1.54) is 4.90 Å². The first-order valence-electron chi connectivity index (χ1n) is 12.2. The molecule has 4 atom stereocenters. The van der Waals surface area contributed by atoms with E-state index < -0.39 is 24.4 Å². The Morgan fingerprint density at radius 3 is 1.61 bits per heavy atom. The summed E-state index contributed by atoms with van der Waals surface area (Å²) in [6.45, 7) is 0.522. The van der Waals surface area contributed by atoms with Gasteiger partial charge in [0.2, 0.25) is 0 Å². The summed E-state index contributed by atoms with van der Waals surface area (Å²) in [6, 6.07) is 28.9. The van der Waals surface area contributed by atoms with Gasteiger partial charge < -0.3 is 29.3 Å². The van der Waals surface area contributed by atoms with Crippen LogP contribution in [0.5, 0.6) is 0 Å². The van der Waals surface area contributed by atoms with E-state index in [0.717, 1.165) is 16.7 Å². The van der Waals surface area contributed by atoms with Gasteiger partial charge in [0.05, 0.1) is 26.4 Å². The molecule has 0 spiro atoms. The summed E-state index contributed by atoms with van der Waals surface area (Å²) < 4.78 is 18.7. The first kappa shape index (κ1) is 26.0. The van der Waals surface area contributed by atoms with E-state index in [1.54, 1.807) is 0 Å². The van der Waals surface area contributed by atoms with E-state index in [9.17, 15) is 15.0 Å². The van der Waals surface area contributed by atoms with Gasteiger partial charge >= 0.3 is 0 Å². The second kappa shape index (κ2) is 13.3. The molecule has 0 radical (unpaired) electrons. The number of amides is 1. The van der Waals surface area contributed by atoms with Crippen molar-refractivity contribution in [2.75, 3.05) is 19.7 Å². The van der Waals surface area contributed by atoms with Crippen molar-refractivity contribution in [3.63, 3.8) is 0 Å². The summed E-state index contributed by atoms with van der Waals surface area (Å²) >= 11 is 0. The Morgan fingerprint density at radius 1 is 0.694 bits per heavy atom. The molecule has 4 rings (SSSR count). The Labute approximate surface area is 211 Å². The number of ether oxygens (including phenoxy) is 3. The van der Waals surface area contributed by atoms with Crippen LogP contribution in [-0.4, -0.2) is 65.1 Å². The van der Waals surface area contributed by atoms with Crippen LogP contribution in [0.15, 0.2) is 91.0 Å². The van der Waals surface area contributed by atoms with Gasteiger partial charge in [-0.1, -0.05) is 91.0 Å². The molecule has 1 aliphatic heterocycles. The number of aliphatic hydroxyl groups excluding tert-OH is 2. The monoisotopic (exact) mass is 491 g/mol. The molecular formula is C29H33NO6. The lowest BCUT2D eigenvalue weighted by atomic mass is 10.0. The highest BCUT2D eigenvalue weighted by Gasteiger charge is 2.46. The molecular weight excluding hydrogens is 458 g/mol. The van der Waals surface area contributed by atoms with Crippen molar-refractivity contribution in [2.24, 2.45) is 0 Å². The molecule has 0 bridgehead atoms. The quantitative estimate of drug-likeness (QED) is 0.429. The fraction of sp³-hybridized carbons (Fsp3) is 0.345. The topological polar surface area (TPSA) is 88.5 Å². The van der Waals surface area contributed by atoms with Gasteiger partial charge in [-0.05, 0) is 16.7 Å². The van der Waals surface area contributed by atoms with Crippen molar-refractivity contribution in [1.29, 1.82) is 0 Å². The fourth-order valence-electron chi connectivity index (χ4n) is 4.30. The van der Waals surface area contributed by atoms with Crippen LogP contribution in [0.25, 0.3) is 0 Å². The van der Waals surface area contributed by atoms with Crippen LogP contribution in [0, 0.1) is 0 Å². The summed E-state index contributed by atoms with van der Waals surface area (Å²) in [4.78, 5) is 15.0. The van der Waals surface area contributed by atoms with E-state index in [2.05, 4.69) is 0 Å². The van der Waals surface area contributed by atoms with Crippen LogP contribution in [0.4, 0.5) is 0 Å². The minimum atomic E-state index is -1.03. The number of hydrogen-bond acceptors (Lipinski definition) is 6. The highest BCUT2D eigenvalue weighted by atomic mass is 16.6. The van der Waals surface area contributed by atoms with E-state index in [4.69, 9.17) is 14.2 Å². The van der Waals surface area contributed by atoms with Crippen molar-refractivity contribution in [3.8, 4) is 0 Å². The number of carbonyl (C=O) groups excluding carboxylic acids is 1. The van der Waals surface area contributed by atoms with Gasteiger partial charge in [0.15, 0.2) is 6.10 Å². The molecule has 0 aromatic heterocycles. The number of carbonyl (C=O) groups is 1. The molecule has 1 heterocycles. The van der Waals surface area contributed by atoms with Crippen molar-refractivity contribution in [3.05, 3.63) is 108 Å². The predicted octanol–water partition coefficient (Wildman–Crippen LogP) is 2.94. The fourth-order valence-corrected chi connectivity index (χ4v) is 4.30. The molecule has 3 aromatic rings. The summed E-state index contributed by atoms with van der Waals surface area (Å²) in [7, 11) is 0. The van der Waals surface area contributed by atoms with Crippen molar-refractivity contribution in [1.82, 2.24) is 4.90 Å². The Hall–Kier alpha value is -3.07. The van der Waals surface area contributed by atoms with Crippen LogP contribution in [0.3, 0.4) is 0 Å². The van der Waals surface area contributed by atoms with E-state index in [-0.39, 0.29) is 45.4 Å². The van der Waals surface area contributed by atoms with Gasteiger partial charge in [0.1, 0.15) is 18.3 Å². The normalized spacial score (nSPS) is 22.4. The Balaban J connectivity index is 1.62. The molecule has 7 heteroatoms. The first-order chi connectivity index (χ1) is 17.7. The van der Waals surface area contributed by atoms with Crippen LogP contribution in [0.2, 0.25) is 0 Å². The molecule has 0 aliphatic carbocycles. The number of likely N-dealkylation sites (tertiary alicyclic amines) is 1. The van der Waals surface area contributed by atoms with Gasteiger partial charge in [-0.2, -0.15) is 0 Å². The molecule has 1 aliphatic rings. The van der Waals surface area contributed by atoms with Gasteiger partial charge in [-0.3, -0.25) is 4.79 Å². The Kier molecular flexibility index (Phi) is 9.61. The zero-order valence-electron chi connectivity index (χ0n) is 20.2. The Morgan fingerprint density at radius 2 is 1.14 bits per heavy atom. The molecule has 36 heavy (non-hydrogen) atoms. The van der Waals surface area contributed by atoms with Crippen molar-refractivity contribution >= 4 is 5.91 Å². The lowest BCUT2D eigenvalue weighted by Crippen LogP contribution is -2.50. The standard InChI is InChI=1S/C29H33NO6/c31-17-16-30-18-25(32)26(34-19-22-10-4-1-5-11-22)27(35-20-23-12-6-2-7-13-23)28(29(30)33)36-21-24-14-8-3-9-15-24/h1-15,25-28,31-32H,16-21H2/t25-,26+,27+,28-/m1/s1. The average molecular weight is 492 g/mol. The number of hydrogen-bond donors (Lipinski definition) is 2. The van der Waals surface area contributed by atoms with Gasteiger partial charge in [-0.15, -0.1) is 0 Å². The molecule has 2 N–H and O–H groups in total. The summed E-state index contributed by atoms with van der Waals surface area (Å²) in [5, 5.41) is 20.7. The minimum Gasteiger partial charge on any atom is -0.395 e. The Bertz CT molecular complexity index is 1050. The zero-order chi connectivity index (χ0) is 25.2. The largest absolute Gasteiger partial charge is 0.395 e. The molecule has 3 aromatic carbocycles. The average Bonchev–Trinajstić information content (AvgIpc) is 3.01. The molecule has 0 unspecified atom stereocenters. The smallest absolute Gasteiger partial charge is 0.254 e. The molecule has 1 fully saturated rings. The summed E-state index contributed by atoms with van der Waals surface area (Å²) in [5.74, 6) is -0.345. The number of benzene rings is 3. The third kappa shape index (κ3) is 7.00. The van der Waals surface area contributed by atoms with Crippen LogP contribution in [0.1, 0.15) is 16.7 Å². The number of nitrogens with zero attached hydrogens (tertiary/aromatic N) is 1. The third-order valence-electron chi connectivity index (χ3n) is 6.18. The maximum absolute atomic E-state index is 13.6. The van der Waals surface area contributed by atoms with E-state index in [1.807, 2.05) is 91.0 Å². The minimum absolute atomic E-state index is 0.00917. The SMILES string of the molecule is O=C1[C@H](OCc2ccccc2)[C@@H](OCc2ccccc2)[C@@H](OCc2ccccc2)[C@H](O)CN1CCO. The second-order valence-electron chi connectivity index (χ2n) is 8.81. The molecule has 0 saturated carbocycles. The zero-order valence-corrected chi connectivity index (χ0v) is 20.2. The van der Waals surface area contributed by atoms with Crippen molar-refractivity contribution < 1.29 is 29.2 Å².